The molecule has 0 fully saturated rings. The molecule has 1 aromatic heterocycles. The van der Waals surface area contributed by atoms with Gasteiger partial charge < -0.3 is 10.3 Å². The van der Waals surface area contributed by atoms with Gasteiger partial charge in [-0.1, -0.05) is 0 Å². The number of nitrogens with two attached hydrogens (primary N) is 1. The third kappa shape index (κ3) is 1.78. The number of aryl methyl sites for hydroxylation is 1. The first-order chi connectivity index (χ1) is 5.66. The first kappa shape index (κ1) is 9.54. The summed E-state index contributed by atoms with van der Waals surface area (Å²) in [6.07, 6.45) is 2.03. The Kier molecular flexibility index (Phi) is 3.11. The second-order valence-corrected chi connectivity index (χ2v) is 3.64. The van der Waals surface area contributed by atoms with E-state index < -0.39 is 0 Å². The monoisotopic (exact) mass is 186 g/mol. The lowest BCUT2D eigenvalue weighted by Crippen LogP contribution is -2.17. The van der Waals surface area contributed by atoms with Crippen molar-refractivity contribution in [1.29, 1.82) is 0 Å². The van der Waals surface area contributed by atoms with Crippen LogP contribution in [-0.4, -0.2) is 26.8 Å². The molecule has 0 amide bonds. The van der Waals surface area contributed by atoms with Crippen molar-refractivity contribution < 1.29 is 0 Å². The number of rotatable bonds is 3. The summed E-state index contributed by atoms with van der Waals surface area (Å²) in [6, 6.07) is -0.00815. The van der Waals surface area contributed by atoms with Crippen LogP contribution in [0.25, 0.3) is 0 Å². The molecule has 0 aromatic carbocycles. The average molecular weight is 186 g/mol. The van der Waals surface area contributed by atoms with E-state index in [1.165, 1.54) is 0 Å². The van der Waals surface area contributed by atoms with Gasteiger partial charge in [0.15, 0.2) is 5.82 Å². The van der Waals surface area contributed by atoms with Crippen molar-refractivity contribution in [3.8, 4) is 0 Å². The van der Waals surface area contributed by atoms with Gasteiger partial charge in [0.1, 0.15) is 5.82 Å². The van der Waals surface area contributed by atoms with Gasteiger partial charge in [0.05, 0.1) is 6.04 Å². The van der Waals surface area contributed by atoms with Crippen LogP contribution in [0, 0.1) is 6.92 Å². The molecule has 5 heteroatoms. The predicted molar refractivity (Wildman–Crippen MR) is 51.1 cm³/mol. The van der Waals surface area contributed by atoms with Crippen LogP contribution in [0.2, 0.25) is 0 Å². The van der Waals surface area contributed by atoms with E-state index in [-0.39, 0.29) is 6.04 Å². The Hall–Kier alpha value is -0.550. The maximum atomic E-state index is 5.88. The van der Waals surface area contributed by atoms with Gasteiger partial charge in [0.25, 0.3) is 0 Å². The van der Waals surface area contributed by atoms with E-state index in [1.807, 2.05) is 24.8 Å². The Bertz CT molecular complexity index is 258. The molecule has 1 aromatic rings. The SMILES string of the molecule is CSCC(N)c1nnc(C)n1C. The molecule has 0 bridgehead atoms. The molecule has 0 aliphatic rings. The number of aromatic nitrogens is 3. The van der Waals surface area contributed by atoms with E-state index in [0.717, 1.165) is 17.4 Å². The third-order valence-corrected chi connectivity index (χ3v) is 2.50. The normalized spacial score (nSPS) is 13.3. The zero-order valence-electron chi connectivity index (χ0n) is 7.61. The molecular weight excluding hydrogens is 172 g/mol. The lowest BCUT2D eigenvalue weighted by atomic mass is 10.3. The quantitative estimate of drug-likeness (QED) is 0.746. The van der Waals surface area contributed by atoms with Gasteiger partial charge >= 0.3 is 0 Å². The molecular formula is C7H14N4S. The lowest BCUT2D eigenvalue weighted by molar-refractivity contribution is 0.685. The van der Waals surface area contributed by atoms with E-state index >= 15 is 0 Å². The van der Waals surface area contributed by atoms with Crippen LogP contribution in [0.3, 0.4) is 0 Å². The first-order valence-electron chi connectivity index (χ1n) is 3.77. The Morgan fingerprint density at radius 2 is 2.25 bits per heavy atom. The largest absolute Gasteiger partial charge is 0.321 e. The summed E-state index contributed by atoms with van der Waals surface area (Å²) in [6.45, 7) is 1.92. The summed E-state index contributed by atoms with van der Waals surface area (Å²) >= 11 is 1.72. The third-order valence-electron chi connectivity index (χ3n) is 1.80. The summed E-state index contributed by atoms with van der Waals surface area (Å²) in [4.78, 5) is 0. The molecule has 0 saturated carbocycles. The van der Waals surface area contributed by atoms with Crippen LogP contribution in [0.5, 0.6) is 0 Å². The zero-order valence-corrected chi connectivity index (χ0v) is 8.43. The second-order valence-electron chi connectivity index (χ2n) is 2.73. The van der Waals surface area contributed by atoms with E-state index in [9.17, 15) is 0 Å². The molecule has 12 heavy (non-hydrogen) atoms. The van der Waals surface area contributed by atoms with Gasteiger partial charge in [-0.3, -0.25) is 0 Å². The Morgan fingerprint density at radius 1 is 1.58 bits per heavy atom. The van der Waals surface area contributed by atoms with Crippen LogP contribution in [0.1, 0.15) is 17.7 Å². The molecule has 4 nitrogen and oxygen atoms in total. The highest BCUT2D eigenvalue weighted by molar-refractivity contribution is 7.98. The van der Waals surface area contributed by atoms with Crippen molar-refractivity contribution in [3.63, 3.8) is 0 Å². The fourth-order valence-electron chi connectivity index (χ4n) is 1.00. The van der Waals surface area contributed by atoms with Gasteiger partial charge in [0.2, 0.25) is 0 Å². The summed E-state index contributed by atoms with van der Waals surface area (Å²) in [7, 11) is 1.94. The van der Waals surface area contributed by atoms with Crippen LogP contribution in [0.15, 0.2) is 0 Å². The number of nitrogens with zero attached hydrogens (tertiary/aromatic N) is 3. The summed E-state index contributed by atoms with van der Waals surface area (Å²) in [5.74, 6) is 2.65. The first-order valence-corrected chi connectivity index (χ1v) is 5.16. The van der Waals surface area contributed by atoms with Crippen molar-refractivity contribution in [2.24, 2.45) is 12.8 Å². The van der Waals surface area contributed by atoms with Gasteiger partial charge in [-0.25, -0.2) is 0 Å². The van der Waals surface area contributed by atoms with Crippen molar-refractivity contribution in [2.75, 3.05) is 12.0 Å². The minimum Gasteiger partial charge on any atom is -0.321 e. The van der Waals surface area contributed by atoms with Gasteiger partial charge in [-0.05, 0) is 13.2 Å². The maximum Gasteiger partial charge on any atom is 0.150 e. The molecule has 1 rings (SSSR count). The fourth-order valence-corrected chi connectivity index (χ4v) is 1.51. The van der Waals surface area contributed by atoms with E-state index in [2.05, 4.69) is 10.2 Å². The highest BCUT2D eigenvalue weighted by Gasteiger charge is 2.12. The lowest BCUT2D eigenvalue weighted by Gasteiger charge is -2.08. The smallest absolute Gasteiger partial charge is 0.150 e. The maximum absolute atomic E-state index is 5.88. The van der Waals surface area contributed by atoms with Crippen molar-refractivity contribution in [1.82, 2.24) is 14.8 Å². The standard InChI is InChI=1S/C7H14N4S/c1-5-9-10-7(11(5)2)6(8)4-12-3/h6H,4,8H2,1-3H3. The highest BCUT2D eigenvalue weighted by Crippen LogP contribution is 2.11. The minimum atomic E-state index is -0.00815. The van der Waals surface area contributed by atoms with Crippen molar-refractivity contribution in [3.05, 3.63) is 11.6 Å². The molecule has 0 spiro atoms. The molecule has 0 aliphatic carbocycles. The number of hydrogen-bond donors (Lipinski definition) is 1. The molecule has 0 radical (unpaired) electrons. The predicted octanol–water partition coefficient (Wildman–Crippen LogP) is 0.486. The van der Waals surface area contributed by atoms with Crippen LogP contribution in [-0.2, 0) is 7.05 Å². The number of hydrogen-bond acceptors (Lipinski definition) is 4. The molecule has 0 saturated heterocycles. The van der Waals surface area contributed by atoms with E-state index in [0.29, 0.717) is 0 Å². The van der Waals surface area contributed by atoms with Crippen LogP contribution in [0.4, 0.5) is 0 Å². The molecule has 1 atom stereocenters. The van der Waals surface area contributed by atoms with Crippen molar-refractivity contribution >= 4 is 11.8 Å². The Labute approximate surface area is 76.5 Å². The molecule has 2 N–H and O–H groups in total. The summed E-state index contributed by atoms with van der Waals surface area (Å²) in [5.41, 5.74) is 5.88. The van der Waals surface area contributed by atoms with E-state index in [1.54, 1.807) is 11.8 Å². The molecule has 68 valence electrons. The number of thioether (sulfide) groups is 1. The second kappa shape index (κ2) is 3.91. The highest BCUT2D eigenvalue weighted by atomic mass is 32.2. The molecule has 1 heterocycles. The summed E-state index contributed by atoms with van der Waals surface area (Å²) in [5, 5.41) is 7.95. The zero-order chi connectivity index (χ0) is 9.14. The fraction of sp³-hybridized carbons (Fsp3) is 0.714. The van der Waals surface area contributed by atoms with Crippen molar-refractivity contribution in [2.45, 2.75) is 13.0 Å². The molecule has 0 aliphatic heterocycles. The van der Waals surface area contributed by atoms with Gasteiger partial charge in [0, 0.05) is 12.8 Å². The van der Waals surface area contributed by atoms with Gasteiger partial charge in [-0.15, -0.1) is 10.2 Å². The average Bonchev–Trinajstić information content (AvgIpc) is 2.34. The Morgan fingerprint density at radius 3 is 2.67 bits per heavy atom. The molecule has 1 unspecified atom stereocenters. The van der Waals surface area contributed by atoms with Gasteiger partial charge in [-0.2, -0.15) is 11.8 Å². The van der Waals surface area contributed by atoms with Crippen LogP contribution < -0.4 is 5.73 Å². The van der Waals surface area contributed by atoms with Crippen LogP contribution >= 0.6 is 11.8 Å². The topological polar surface area (TPSA) is 56.7 Å². The summed E-state index contributed by atoms with van der Waals surface area (Å²) < 4.78 is 1.93. The van der Waals surface area contributed by atoms with E-state index in [4.69, 9.17) is 5.73 Å². The Balaban J connectivity index is 2.80. The minimum absolute atomic E-state index is 0.00815.